The molecule has 0 atom stereocenters. The first kappa shape index (κ1) is 15.8. The largest absolute Gasteiger partial charge is 0.201 e. The zero-order valence-electron chi connectivity index (χ0n) is 15.0. The second-order valence-electron chi connectivity index (χ2n) is 6.94. The van der Waals surface area contributed by atoms with Gasteiger partial charge in [0.15, 0.2) is 18.9 Å². The molecule has 0 spiro atoms. The van der Waals surface area contributed by atoms with Crippen molar-refractivity contribution in [2.45, 2.75) is 6.54 Å². The summed E-state index contributed by atoms with van der Waals surface area (Å²) in [5, 5.41) is 5.21. The van der Waals surface area contributed by atoms with Crippen molar-refractivity contribution in [2.24, 2.45) is 0 Å². The van der Waals surface area contributed by atoms with Crippen LogP contribution in [0.1, 0.15) is 5.56 Å². The minimum Gasteiger partial charge on any atom is -0.201 e. The van der Waals surface area contributed by atoms with Gasteiger partial charge in [0, 0.05) is 17.7 Å². The Bertz CT molecular complexity index is 1220. The first-order valence-electron chi connectivity index (χ1n) is 9.32. The molecule has 1 aromatic heterocycles. The molecule has 5 aromatic rings. The number of pyridine rings is 1. The lowest BCUT2D eigenvalue weighted by Gasteiger charge is -2.10. The van der Waals surface area contributed by atoms with Crippen LogP contribution in [-0.2, 0) is 6.54 Å². The predicted molar refractivity (Wildman–Crippen MR) is 113 cm³/mol. The minimum atomic E-state index is 0.888. The maximum absolute atomic E-state index is 2.31. The van der Waals surface area contributed by atoms with E-state index in [9.17, 15) is 0 Å². The Kier molecular flexibility index (Phi) is 3.91. The summed E-state index contributed by atoms with van der Waals surface area (Å²) >= 11 is 0. The van der Waals surface area contributed by atoms with Crippen molar-refractivity contribution in [3.63, 3.8) is 0 Å². The molecule has 128 valence electrons. The lowest BCUT2D eigenvalue weighted by Crippen LogP contribution is -2.32. The number of hydrogen-bond acceptors (Lipinski definition) is 0. The quantitative estimate of drug-likeness (QED) is 0.279. The van der Waals surface area contributed by atoms with Crippen LogP contribution in [0, 0.1) is 0 Å². The van der Waals surface area contributed by atoms with Crippen molar-refractivity contribution in [3.8, 4) is 11.1 Å². The predicted octanol–water partition coefficient (Wildman–Crippen LogP) is 6.00. The SMILES string of the molecule is c1ccc(C[n+]2ccc(-c3cc4ccccc4c4ccccc34)cc2)cc1. The molecule has 0 saturated carbocycles. The van der Waals surface area contributed by atoms with E-state index in [4.69, 9.17) is 0 Å². The molecular formula is C26H20N+. The van der Waals surface area contributed by atoms with Crippen molar-refractivity contribution < 1.29 is 4.57 Å². The van der Waals surface area contributed by atoms with Crippen LogP contribution in [0.2, 0.25) is 0 Å². The summed E-state index contributed by atoms with van der Waals surface area (Å²) in [4.78, 5) is 0. The van der Waals surface area contributed by atoms with Gasteiger partial charge < -0.3 is 0 Å². The number of aromatic nitrogens is 1. The fourth-order valence-corrected chi connectivity index (χ4v) is 3.83. The number of benzene rings is 4. The smallest absolute Gasteiger partial charge is 0.173 e. The minimum absolute atomic E-state index is 0.888. The Morgan fingerprint density at radius 2 is 1.19 bits per heavy atom. The fraction of sp³-hybridized carbons (Fsp3) is 0.0385. The van der Waals surface area contributed by atoms with Crippen LogP contribution in [0.4, 0.5) is 0 Å². The topological polar surface area (TPSA) is 3.88 Å². The highest BCUT2D eigenvalue weighted by atomic mass is 14.9. The molecule has 0 fully saturated rings. The molecule has 0 amide bonds. The average Bonchev–Trinajstić information content (AvgIpc) is 2.75. The zero-order valence-corrected chi connectivity index (χ0v) is 15.0. The second kappa shape index (κ2) is 6.69. The van der Waals surface area contributed by atoms with Crippen LogP contribution in [0.25, 0.3) is 32.7 Å². The summed E-state index contributed by atoms with van der Waals surface area (Å²) in [6.07, 6.45) is 4.35. The summed E-state index contributed by atoms with van der Waals surface area (Å²) in [7, 11) is 0. The van der Waals surface area contributed by atoms with Crippen molar-refractivity contribution in [3.05, 3.63) is 115 Å². The van der Waals surface area contributed by atoms with Crippen LogP contribution in [0.3, 0.4) is 0 Å². The molecule has 0 radical (unpaired) electrons. The Hall–Kier alpha value is -3.45. The molecule has 1 heteroatoms. The van der Waals surface area contributed by atoms with Gasteiger partial charge in [0.25, 0.3) is 0 Å². The third-order valence-electron chi connectivity index (χ3n) is 5.18. The van der Waals surface area contributed by atoms with E-state index in [1.807, 2.05) is 0 Å². The van der Waals surface area contributed by atoms with Gasteiger partial charge in [-0.15, -0.1) is 0 Å². The molecule has 0 aliphatic rings. The molecule has 5 rings (SSSR count). The number of fused-ring (bicyclic) bond motifs is 3. The number of rotatable bonds is 3. The third kappa shape index (κ3) is 2.98. The van der Waals surface area contributed by atoms with E-state index in [0.717, 1.165) is 6.54 Å². The fourth-order valence-electron chi connectivity index (χ4n) is 3.83. The van der Waals surface area contributed by atoms with Gasteiger partial charge in [-0.3, -0.25) is 0 Å². The molecule has 0 aliphatic heterocycles. The highest BCUT2D eigenvalue weighted by Crippen LogP contribution is 2.34. The number of hydrogen-bond donors (Lipinski definition) is 0. The summed E-state index contributed by atoms with van der Waals surface area (Å²) in [6.45, 7) is 0.888. The first-order valence-corrected chi connectivity index (χ1v) is 9.32. The van der Waals surface area contributed by atoms with Crippen LogP contribution in [0.15, 0.2) is 109 Å². The van der Waals surface area contributed by atoms with E-state index in [2.05, 4.69) is 114 Å². The van der Waals surface area contributed by atoms with Crippen molar-refractivity contribution in [1.82, 2.24) is 0 Å². The van der Waals surface area contributed by atoms with E-state index in [0.29, 0.717) is 0 Å². The van der Waals surface area contributed by atoms with Crippen molar-refractivity contribution >= 4 is 21.5 Å². The van der Waals surface area contributed by atoms with Crippen LogP contribution >= 0.6 is 0 Å². The molecule has 0 unspecified atom stereocenters. The Labute approximate surface area is 159 Å². The summed E-state index contributed by atoms with van der Waals surface area (Å²) in [5.74, 6) is 0. The lowest BCUT2D eigenvalue weighted by molar-refractivity contribution is -0.688. The Morgan fingerprint density at radius 1 is 0.556 bits per heavy atom. The van der Waals surface area contributed by atoms with Crippen LogP contribution in [0.5, 0.6) is 0 Å². The van der Waals surface area contributed by atoms with Gasteiger partial charge in [-0.1, -0.05) is 78.9 Å². The van der Waals surface area contributed by atoms with Gasteiger partial charge >= 0.3 is 0 Å². The molecule has 0 saturated heterocycles. The van der Waals surface area contributed by atoms with E-state index < -0.39 is 0 Å². The van der Waals surface area contributed by atoms with Crippen molar-refractivity contribution in [1.29, 1.82) is 0 Å². The summed E-state index contributed by atoms with van der Waals surface area (Å²) < 4.78 is 2.22. The molecular weight excluding hydrogens is 326 g/mol. The van der Waals surface area contributed by atoms with E-state index in [1.54, 1.807) is 0 Å². The van der Waals surface area contributed by atoms with E-state index in [-0.39, 0.29) is 0 Å². The maximum Gasteiger partial charge on any atom is 0.173 e. The van der Waals surface area contributed by atoms with E-state index in [1.165, 1.54) is 38.2 Å². The van der Waals surface area contributed by atoms with Gasteiger partial charge in [-0.2, -0.15) is 0 Å². The van der Waals surface area contributed by atoms with E-state index >= 15 is 0 Å². The molecule has 1 heterocycles. The summed E-state index contributed by atoms with van der Waals surface area (Å²) in [6, 6.07) is 34.6. The van der Waals surface area contributed by atoms with Gasteiger partial charge in [-0.25, -0.2) is 4.57 Å². The molecule has 27 heavy (non-hydrogen) atoms. The van der Waals surface area contributed by atoms with Crippen LogP contribution < -0.4 is 4.57 Å². The molecule has 0 N–H and O–H groups in total. The molecule has 0 aliphatic carbocycles. The molecule has 4 aromatic carbocycles. The zero-order chi connectivity index (χ0) is 18.1. The first-order chi connectivity index (χ1) is 13.4. The highest BCUT2D eigenvalue weighted by Gasteiger charge is 2.10. The van der Waals surface area contributed by atoms with Crippen molar-refractivity contribution in [2.75, 3.05) is 0 Å². The second-order valence-corrected chi connectivity index (χ2v) is 6.94. The van der Waals surface area contributed by atoms with Gasteiger partial charge in [0.2, 0.25) is 0 Å². The van der Waals surface area contributed by atoms with Crippen LogP contribution in [-0.4, -0.2) is 0 Å². The van der Waals surface area contributed by atoms with Gasteiger partial charge in [0.1, 0.15) is 0 Å². The summed E-state index contributed by atoms with van der Waals surface area (Å²) in [5.41, 5.74) is 3.85. The monoisotopic (exact) mass is 346 g/mol. The maximum atomic E-state index is 2.31. The Balaban J connectivity index is 1.60. The number of nitrogens with zero attached hydrogens (tertiary/aromatic N) is 1. The normalized spacial score (nSPS) is 11.1. The van der Waals surface area contributed by atoms with Gasteiger partial charge in [0.05, 0.1) is 0 Å². The standard InChI is InChI=1S/C26H20N/c1-2-8-20(9-3-1)19-27-16-14-21(15-17-27)26-18-22-10-4-5-11-23(22)24-12-6-7-13-25(24)26/h1-18H,19H2/q+1. The van der Waals surface area contributed by atoms with Gasteiger partial charge in [-0.05, 0) is 38.7 Å². The molecule has 1 nitrogen and oxygen atoms in total. The Morgan fingerprint density at radius 3 is 1.96 bits per heavy atom. The third-order valence-corrected chi connectivity index (χ3v) is 5.18. The lowest BCUT2D eigenvalue weighted by atomic mass is 9.94. The highest BCUT2D eigenvalue weighted by molar-refractivity contribution is 6.13. The molecule has 0 bridgehead atoms. The average molecular weight is 346 g/mol.